The fourth-order valence-corrected chi connectivity index (χ4v) is 5.60. The van der Waals surface area contributed by atoms with Crippen molar-refractivity contribution in [3.63, 3.8) is 0 Å². The highest BCUT2D eigenvalue weighted by atomic mass is 32.2. The highest BCUT2D eigenvalue weighted by Crippen LogP contribution is 2.28. The second kappa shape index (κ2) is 10.1. The fraction of sp³-hybridized carbons (Fsp3) is 0.321. The molecule has 2 aliphatic heterocycles. The van der Waals surface area contributed by atoms with Crippen LogP contribution in [0.1, 0.15) is 23.6 Å². The Morgan fingerprint density at radius 3 is 2.09 bits per heavy atom. The minimum Gasteiger partial charge on any atom is -0.340 e. The van der Waals surface area contributed by atoms with Crippen molar-refractivity contribution in [3.8, 4) is 11.1 Å². The van der Waals surface area contributed by atoms with Gasteiger partial charge in [0.15, 0.2) is 0 Å². The van der Waals surface area contributed by atoms with Gasteiger partial charge >= 0.3 is 0 Å². The van der Waals surface area contributed by atoms with Crippen LogP contribution in [0.25, 0.3) is 11.1 Å². The number of amides is 1. The van der Waals surface area contributed by atoms with Crippen molar-refractivity contribution in [1.29, 1.82) is 0 Å². The van der Waals surface area contributed by atoms with Crippen molar-refractivity contribution in [1.82, 2.24) is 14.1 Å². The van der Waals surface area contributed by atoms with Gasteiger partial charge in [0.05, 0.1) is 0 Å². The third-order valence-corrected chi connectivity index (χ3v) is 7.78. The molecule has 0 spiro atoms. The van der Waals surface area contributed by atoms with E-state index < -0.39 is 0 Å². The van der Waals surface area contributed by atoms with Gasteiger partial charge in [-0.25, -0.2) is 4.31 Å². The lowest BCUT2D eigenvalue weighted by molar-refractivity contribution is -0.129. The van der Waals surface area contributed by atoms with E-state index in [1.54, 1.807) is 18.9 Å². The van der Waals surface area contributed by atoms with Crippen LogP contribution in [0, 0.1) is 0 Å². The van der Waals surface area contributed by atoms with E-state index in [4.69, 9.17) is 0 Å². The van der Waals surface area contributed by atoms with E-state index in [0.29, 0.717) is 0 Å². The molecule has 0 radical (unpaired) electrons. The lowest BCUT2D eigenvalue weighted by Gasteiger charge is -2.33. The Bertz CT molecular complexity index is 1090. The molecular weight excluding hydrogens is 426 g/mol. The summed E-state index contributed by atoms with van der Waals surface area (Å²) in [5.41, 5.74) is 6.85. The zero-order valence-electron chi connectivity index (χ0n) is 19.2. The van der Waals surface area contributed by atoms with E-state index >= 15 is 0 Å². The molecule has 170 valence electrons. The highest BCUT2D eigenvalue weighted by molar-refractivity contribution is 7.97. The van der Waals surface area contributed by atoms with E-state index in [9.17, 15) is 4.79 Å². The predicted molar refractivity (Wildman–Crippen MR) is 136 cm³/mol. The summed E-state index contributed by atoms with van der Waals surface area (Å²) in [5, 5.41) is 0. The Balaban J connectivity index is 1.16. The molecule has 3 aromatic carbocycles. The van der Waals surface area contributed by atoms with Crippen molar-refractivity contribution in [3.05, 3.63) is 89.5 Å². The topological polar surface area (TPSA) is 26.8 Å². The smallest absolute Gasteiger partial charge is 0.219 e. The molecule has 4 nitrogen and oxygen atoms in total. The molecule has 0 unspecified atom stereocenters. The molecule has 2 heterocycles. The Kier molecular flexibility index (Phi) is 6.81. The summed E-state index contributed by atoms with van der Waals surface area (Å²) in [5.74, 6) is 0.177. The molecule has 0 saturated carbocycles. The van der Waals surface area contributed by atoms with Crippen LogP contribution >= 0.6 is 11.9 Å². The van der Waals surface area contributed by atoms with Gasteiger partial charge in [-0.2, -0.15) is 0 Å². The van der Waals surface area contributed by atoms with Gasteiger partial charge in [-0.15, -0.1) is 0 Å². The number of hydrogen-bond donors (Lipinski definition) is 0. The van der Waals surface area contributed by atoms with Crippen LogP contribution in [0.2, 0.25) is 0 Å². The monoisotopic (exact) mass is 457 g/mol. The largest absolute Gasteiger partial charge is 0.340 e. The minimum atomic E-state index is 0.177. The summed E-state index contributed by atoms with van der Waals surface area (Å²) < 4.78 is 2.35. The number of fused-ring (bicyclic) bond motifs is 1. The van der Waals surface area contributed by atoms with Crippen molar-refractivity contribution < 1.29 is 4.79 Å². The molecule has 0 atom stereocenters. The van der Waals surface area contributed by atoms with Crippen molar-refractivity contribution in [2.45, 2.75) is 31.3 Å². The van der Waals surface area contributed by atoms with Gasteiger partial charge in [-0.05, 0) is 58.3 Å². The van der Waals surface area contributed by atoms with Gasteiger partial charge in [-0.1, -0.05) is 60.7 Å². The molecule has 1 fully saturated rings. The number of rotatable bonds is 5. The van der Waals surface area contributed by atoms with Crippen LogP contribution < -0.4 is 0 Å². The first kappa shape index (κ1) is 22.2. The SMILES string of the molecule is CC(=O)N1CCN(Sc2ccc(-c3ccc(CN4CCc5ccccc5C4)cc3)cc2)CC1. The summed E-state index contributed by atoms with van der Waals surface area (Å²) in [6, 6.07) is 26.7. The predicted octanol–water partition coefficient (Wildman–Crippen LogP) is 5.08. The molecule has 1 saturated heterocycles. The Morgan fingerprint density at radius 1 is 0.788 bits per heavy atom. The molecule has 0 aromatic heterocycles. The van der Waals surface area contributed by atoms with E-state index in [2.05, 4.69) is 82.0 Å². The molecule has 2 aliphatic rings. The third kappa shape index (κ3) is 5.49. The normalized spacial score (nSPS) is 17.1. The maximum absolute atomic E-state index is 11.5. The summed E-state index contributed by atoms with van der Waals surface area (Å²) in [6.45, 7) is 8.28. The highest BCUT2D eigenvalue weighted by Gasteiger charge is 2.19. The van der Waals surface area contributed by atoms with Crippen LogP contribution in [0.4, 0.5) is 0 Å². The van der Waals surface area contributed by atoms with Gasteiger partial charge in [-0.3, -0.25) is 9.69 Å². The van der Waals surface area contributed by atoms with Crippen LogP contribution in [-0.2, 0) is 24.3 Å². The maximum Gasteiger partial charge on any atom is 0.219 e. The molecule has 33 heavy (non-hydrogen) atoms. The van der Waals surface area contributed by atoms with Gasteiger partial charge in [0.2, 0.25) is 5.91 Å². The van der Waals surface area contributed by atoms with E-state index in [1.165, 1.54) is 32.7 Å². The first-order valence-electron chi connectivity index (χ1n) is 11.8. The number of carbonyl (C=O) groups excluding carboxylic acids is 1. The minimum absolute atomic E-state index is 0.177. The maximum atomic E-state index is 11.5. The van der Waals surface area contributed by atoms with Gasteiger partial charge in [0, 0.05) is 57.6 Å². The van der Waals surface area contributed by atoms with Crippen molar-refractivity contribution in [2.24, 2.45) is 0 Å². The fourth-order valence-electron chi connectivity index (χ4n) is 4.70. The second-order valence-electron chi connectivity index (χ2n) is 8.98. The van der Waals surface area contributed by atoms with Crippen LogP contribution in [0.5, 0.6) is 0 Å². The first-order valence-corrected chi connectivity index (χ1v) is 12.6. The second-order valence-corrected chi connectivity index (χ2v) is 10.1. The lowest BCUT2D eigenvalue weighted by Crippen LogP contribution is -2.45. The van der Waals surface area contributed by atoms with Crippen molar-refractivity contribution in [2.75, 3.05) is 32.7 Å². The van der Waals surface area contributed by atoms with E-state index in [-0.39, 0.29) is 5.91 Å². The molecule has 3 aromatic rings. The Morgan fingerprint density at radius 2 is 1.42 bits per heavy atom. The third-order valence-electron chi connectivity index (χ3n) is 6.68. The van der Waals surface area contributed by atoms with Crippen molar-refractivity contribution >= 4 is 17.9 Å². The zero-order valence-corrected chi connectivity index (χ0v) is 20.1. The number of carbonyl (C=O) groups is 1. The number of hydrogen-bond acceptors (Lipinski definition) is 4. The molecule has 1 amide bonds. The Hall–Kier alpha value is -2.60. The van der Waals surface area contributed by atoms with Gasteiger partial charge < -0.3 is 4.90 Å². The van der Waals surface area contributed by atoms with E-state index in [1.807, 2.05) is 4.90 Å². The van der Waals surface area contributed by atoms with Crippen LogP contribution in [0.3, 0.4) is 0 Å². The molecule has 5 heteroatoms. The van der Waals surface area contributed by atoms with E-state index in [0.717, 1.165) is 52.2 Å². The Labute approximate surface area is 201 Å². The summed E-state index contributed by atoms with van der Waals surface area (Å²) in [4.78, 5) is 17.2. The number of nitrogens with zero attached hydrogens (tertiary/aromatic N) is 3. The standard InChI is InChI=1S/C28H31N3OS/c1-22(32)30-16-18-31(19-17-30)33-28-12-10-26(11-13-28)25-8-6-23(7-9-25)20-29-15-14-24-4-2-3-5-27(24)21-29/h2-13H,14-21H2,1H3. The van der Waals surface area contributed by atoms with Crippen LogP contribution in [-0.4, -0.2) is 52.7 Å². The number of piperazine rings is 1. The molecule has 0 N–H and O–H groups in total. The van der Waals surface area contributed by atoms with Crippen LogP contribution in [0.15, 0.2) is 77.7 Å². The lowest BCUT2D eigenvalue weighted by atomic mass is 9.99. The summed E-state index contributed by atoms with van der Waals surface area (Å²) in [6.07, 6.45) is 1.14. The zero-order chi connectivity index (χ0) is 22.6. The summed E-state index contributed by atoms with van der Waals surface area (Å²) >= 11 is 1.79. The molecule has 0 bridgehead atoms. The average molecular weight is 458 g/mol. The van der Waals surface area contributed by atoms with Gasteiger partial charge in [0.25, 0.3) is 0 Å². The average Bonchev–Trinajstić information content (AvgIpc) is 2.85. The molecule has 0 aliphatic carbocycles. The molecule has 5 rings (SSSR count). The summed E-state index contributed by atoms with van der Waals surface area (Å²) in [7, 11) is 0. The molecular formula is C28H31N3OS. The number of benzene rings is 3. The quantitative estimate of drug-likeness (QED) is 0.499. The first-order chi connectivity index (χ1) is 16.1. The van der Waals surface area contributed by atoms with Gasteiger partial charge in [0.1, 0.15) is 0 Å².